The summed E-state index contributed by atoms with van der Waals surface area (Å²) in [7, 11) is 0. The van der Waals surface area contributed by atoms with Gasteiger partial charge in [0.15, 0.2) is 0 Å². The van der Waals surface area contributed by atoms with Crippen LogP contribution in [-0.4, -0.2) is 75.7 Å². The second-order valence-corrected chi connectivity index (χ2v) is 11.5. The molecule has 8 heteroatoms. The summed E-state index contributed by atoms with van der Waals surface area (Å²) in [5, 5.41) is 46.0. The molecule has 0 spiro atoms. The highest BCUT2D eigenvalue weighted by atomic mass is 16.6. The number of aliphatic hydroxyl groups excluding tert-OH is 4. The standard InChI is InChI=1S/C18H34O6.C15H24O.C2H6O/c1-2-3-4-5-6-7-8-9-10-11-16(21)23-13-15(20)18-17(22)14(19)12-24-18;1-2-3-4-5-6-7-8-11-14-12-9-10-13-15(14)16;1-2-3/h14-15,17-20,22H,2-13H2,1H3;9-10,12-13,16H,2-8,11H2,1H3;3H,2H2,1H3/t14-,15+,17+,18+;;/m0../s1. The molecule has 43 heavy (non-hydrogen) atoms. The van der Waals surface area contributed by atoms with Gasteiger partial charge < -0.3 is 35.0 Å². The van der Waals surface area contributed by atoms with Crippen LogP contribution in [0.2, 0.25) is 0 Å². The molecule has 0 saturated carbocycles. The highest BCUT2D eigenvalue weighted by Gasteiger charge is 2.39. The van der Waals surface area contributed by atoms with Crippen molar-refractivity contribution in [3.8, 4) is 5.75 Å². The highest BCUT2D eigenvalue weighted by molar-refractivity contribution is 5.69. The Balaban J connectivity index is 0.000000800. The van der Waals surface area contributed by atoms with Crippen LogP contribution in [0, 0.1) is 0 Å². The lowest BCUT2D eigenvalue weighted by molar-refractivity contribution is -0.151. The second-order valence-electron chi connectivity index (χ2n) is 11.5. The number of phenolic OH excluding ortho intramolecular Hbond substituents is 1. The molecule has 0 amide bonds. The largest absolute Gasteiger partial charge is 0.508 e. The molecule has 0 aliphatic carbocycles. The quantitative estimate of drug-likeness (QED) is 0.0772. The van der Waals surface area contributed by atoms with Crippen molar-refractivity contribution < 1.29 is 39.8 Å². The van der Waals surface area contributed by atoms with Crippen molar-refractivity contribution in [1.29, 1.82) is 0 Å². The SMILES string of the molecule is CCCCCCCCCCCC(=O)OC[C@@H](O)[C@H]1OC[C@H](O)[C@H]1O.CCCCCCCCCc1ccccc1O.CCO. The number of rotatable bonds is 21. The lowest BCUT2D eigenvalue weighted by Gasteiger charge is -2.20. The first-order valence-corrected chi connectivity index (χ1v) is 17.0. The van der Waals surface area contributed by atoms with Crippen LogP contribution in [0.5, 0.6) is 5.75 Å². The molecule has 1 aromatic carbocycles. The minimum atomic E-state index is -1.14. The normalized spacial score (nSPS) is 18.3. The molecule has 0 aromatic heterocycles. The Kier molecular flexibility index (Phi) is 27.9. The molecule has 0 bridgehead atoms. The fraction of sp³-hybridized carbons (Fsp3) is 0.800. The molecule has 1 aliphatic heterocycles. The molecular formula is C35H64O8. The van der Waals surface area contributed by atoms with Gasteiger partial charge in [-0.1, -0.05) is 122 Å². The van der Waals surface area contributed by atoms with Gasteiger partial charge in [-0.05, 0) is 37.8 Å². The van der Waals surface area contributed by atoms with Gasteiger partial charge in [-0.25, -0.2) is 0 Å². The van der Waals surface area contributed by atoms with Gasteiger partial charge in [-0.15, -0.1) is 0 Å². The molecular weight excluding hydrogens is 548 g/mol. The van der Waals surface area contributed by atoms with E-state index in [2.05, 4.69) is 13.8 Å². The molecule has 8 nitrogen and oxygen atoms in total. The third kappa shape index (κ3) is 22.5. The summed E-state index contributed by atoms with van der Waals surface area (Å²) >= 11 is 0. The van der Waals surface area contributed by atoms with E-state index in [1.54, 1.807) is 13.0 Å². The van der Waals surface area contributed by atoms with Crippen molar-refractivity contribution in [2.24, 2.45) is 0 Å². The van der Waals surface area contributed by atoms with Crippen molar-refractivity contribution in [3.05, 3.63) is 29.8 Å². The van der Waals surface area contributed by atoms with Gasteiger partial charge in [0, 0.05) is 13.0 Å². The van der Waals surface area contributed by atoms with Gasteiger partial charge in [-0.3, -0.25) is 4.79 Å². The summed E-state index contributed by atoms with van der Waals surface area (Å²) in [6.07, 6.45) is 17.1. The molecule has 2 rings (SSSR count). The summed E-state index contributed by atoms with van der Waals surface area (Å²) in [6, 6.07) is 7.67. The Morgan fingerprint density at radius 2 is 1.33 bits per heavy atom. The summed E-state index contributed by atoms with van der Waals surface area (Å²) in [4.78, 5) is 11.6. The number of esters is 1. The first-order chi connectivity index (χ1) is 20.8. The first kappa shape index (κ1) is 41.3. The first-order valence-electron chi connectivity index (χ1n) is 17.0. The number of aromatic hydroxyl groups is 1. The van der Waals surface area contributed by atoms with Crippen LogP contribution in [0.25, 0.3) is 0 Å². The van der Waals surface area contributed by atoms with E-state index in [-0.39, 0.29) is 25.8 Å². The van der Waals surface area contributed by atoms with E-state index in [1.165, 1.54) is 83.5 Å². The van der Waals surface area contributed by atoms with E-state index in [0.29, 0.717) is 12.2 Å². The minimum absolute atomic E-state index is 0.0186. The summed E-state index contributed by atoms with van der Waals surface area (Å²) in [6.45, 7) is 6.16. The van der Waals surface area contributed by atoms with Gasteiger partial charge in [0.05, 0.1) is 6.61 Å². The Hall–Kier alpha value is -1.71. The maximum atomic E-state index is 11.6. The Bertz CT molecular complexity index is 759. The number of benzene rings is 1. The van der Waals surface area contributed by atoms with E-state index >= 15 is 0 Å². The summed E-state index contributed by atoms with van der Waals surface area (Å²) < 4.78 is 10.1. The Morgan fingerprint density at radius 1 is 0.837 bits per heavy atom. The zero-order chi connectivity index (χ0) is 32.1. The zero-order valence-corrected chi connectivity index (χ0v) is 27.4. The highest BCUT2D eigenvalue weighted by Crippen LogP contribution is 2.19. The molecule has 1 fully saturated rings. The Labute approximate surface area is 261 Å². The average Bonchev–Trinajstić information content (AvgIpc) is 3.33. The van der Waals surface area contributed by atoms with E-state index < -0.39 is 24.4 Å². The zero-order valence-electron chi connectivity index (χ0n) is 27.4. The molecule has 1 heterocycles. The van der Waals surface area contributed by atoms with Crippen molar-refractivity contribution in [3.63, 3.8) is 0 Å². The van der Waals surface area contributed by atoms with Crippen LogP contribution >= 0.6 is 0 Å². The Morgan fingerprint density at radius 3 is 1.81 bits per heavy atom. The number of aliphatic hydroxyl groups is 4. The number of hydrogen-bond donors (Lipinski definition) is 5. The number of para-hydroxylation sites is 1. The van der Waals surface area contributed by atoms with Crippen LogP contribution in [0.1, 0.15) is 135 Å². The van der Waals surface area contributed by atoms with E-state index in [0.717, 1.165) is 31.2 Å². The predicted molar refractivity (Wildman–Crippen MR) is 173 cm³/mol. The van der Waals surface area contributed by atoms with Gasteiger partial charge >= 0.3 is 5.97 Å². The number of phenols is 1. The van der Waals surface area contributed by atoms with E-state index in [4.69, 9.17) is 14.6 Å². The van der Waals surface area contributed by atoms with E-state index in [9.17, 15) is 25.2 Å². The van der Waals surface area contributed by atoms with Gasteiger partial charge in [0.1, 0.15) is 36.8 Å². The maximum Gasteiger partial charge on any atom is 0.305 e. The van der Waals surface area contributed by atoms with Crippen molar-refractivity contribution in [2.45, 2.75) is 161 Å². The maximum absolute atomic E-state index is 11.6. The van der Waals surface area contributed by atoms with Crippen LogP contribution in [0.15, 0.2) is 24.3 Å². The molecule has 252 valence electrons. The number of carbonyl (C=O) groups is 1. The number of aryl methyl sites for hydroxylation is 1. The second kappa shape index (κ2) is 29.0. The summed E-state index contributed by atoms with van der Waals surface area (Å²) in [5.74, 6) is 0.110. The fourth-order valence-corrected chi connectivity index (χ4v) is 4.88. The number of unbranched alkanes of at least 4 members (excludes halogenated alkanes) is 14. The molecule has 1 saturated heterocycles. The lowest BCUT2D eigenvalue weighted by Crippen LogP contribution is -2.41. The average molecular weight is 613 g/mol. The van der Waals surface area contributed by atoms with Crippen molar-refractivity contribution in [2.75, 3.05) is 19.8 Å². The number of carbonyl (C=O) groups excluding carboxylic acids is 1. The molecule has 1 aromatic rings. The van der Waals surface area contributed by atoms with Crippen LogP contribution < -0.4 is 0 Å². The third-order valence-electron chi connectivity index (χ3n) is 7.51. The molecule has 4 atom stereocenters. The van der Waals surface area contributed by atoms with Crippen molar-refractivity contribution in [1.82, 2.24) is 0 Å². The summed E-state index contributed by atoms with van der Waals surface area (Å²) in [5.41, 5.74) is 1.09. The lowest BCUT2D eigenvalue weighted by atomic mass is 10.0. The fourth-order valence-electron chi connectivity index (χ4n) is 4.88. The molecule has 1 aliphatic rings. The smallest absolute Gasteiger partial charge is 0.305 e. The molecule has 5 N–H and O–H groups in total. The topological polar surface area (TPSA) is 137 Å². The predicted octanol–water partition coefficient (Wildman–Crippen LogP) is 6.62. The molecule has 0 unspecified atom stereocenters. The van der Waals surface area contributed by atoms with Crippen LogP contribution in [-0.2, 0) is 20.7 Å². The van der Waals surface area contributed by atoms with Crippen LogP contribution in [0.3, 0.4) is 0 Å². The van der Waals surface area contributed by atoms with E-state index in [1.807, 2.05) is 18.2 Å². The number of ether oxygens (including phenoxy) is 2. The minimum Gasteiger partial charge on any atom is -0.508 e. The molecule has 0 radical (unpaired) electrons. The van der Waals surface area contributed by atoms with Gasteiger partial charge in [0.25, 0.3) is 0 Å². The monoisotopic (exact) mass is 612 g/mol. The van der Waals surface area contributed by atoms with Crippen molar-refractivity contribution >= 4 is 5.97 Å². The van der Waals surface area contributed by atoms with Gasteiger partial charge in [0.2, 0.25) is 0 Å². The number of hydrogen-bond acceptors (Lipinski definition) is 8. The third-order valence-corrected chi connectivity index (χ3v) is 7.51. The van der Waals surface area contributed by atoms with Gasteiger partial charge in [-0.2, -0.15) is 0 Å². The van der Waals surface area contributed by atoms with Crippen LogP contribution in [0.4, 0.5) is 0 Å².